The van der Waals surface area contributed by atoms with Crippen molar-refractivity contribution in [2.45, 2.75) is 50.9 Å². The monoisotopic (exact) mass is 468 g/mol. The van der Waals surface area contributed by atoms with Crippen molar-refractivity contribution in [3.63, 3.8) is 0 Å². The Morgan fingerprint density at radius 2 is 1.72 bits per heavy atom. The lowest BCUT2D eigenvalue weighted by Crippen LogP contribution is -2.33. The van der Waals surface area contributed by atoms with Crippen LogP contribution in [0.3, 0.4) is 0 Å². The summed E-state index contributed by atoms with van der Waals surface area (Å²) < 4.78 is 38.9. The van der Waals surface area contributed by atoms with Crippen molar-refractivity contribution < 1.29 is 18.0 Å². The highest BCUT2D eigenvalue weighted by Crippen LogP contribution is 2.31. The van der Waals surface area contributed by atoms with Gasteiger partial charge in [-0.25, -0.2) is 0 Å². The summed E-state index contributed by atoms with van der Waals surface area (Å²) in [4.78, 5) is 15.1. The molecule has 2 aromatic carbocycles. The third-order valence-electron chi connectivity index (χ3n) is 5.57. The van der Waals surface area contributed by atoms with Gasteiger partial charge in [-0.05, 0) is 65.6 Å². The molecule has 7 heteroatoms. The number of carbonyl (C=O) groups excluding carboxylic acids is 1. The van der Waals surface area contributed by atoms with Crippen LogP contribution in [0.4, 0.5) is 18.9 Å². The first kappa shape index (κ1) is 21.8. The quantitative estimate of drug-likeness (QED) is 0.429. The van der Waals surface area contributed by atoms with Crippen molar-refractivity contribution >= 4 is 27.4 Å². The van der Waals surface area contributed by atoms with Gasteiger partial charge in [0, 0.05) is 28.2 Å². The molecular formula is C22H24BrF3N2O. The summed E-state index contributed by atoms with van der Waals surface area (Å²) in [6.45, 7) is 0.614. The van der Waals surface area contributed by atoms with Gasteiger partial charge in [0.25, 0.3) is 0 Å². The smallest absolute Gasteiger partial charge is 0.398 e. The van der Waals surface area contributed by atoms with E-state index in [0.717, 1.165) is 30.5 Å². The molecule has 0 aliphatic heterocycles. The van der Waals surface area contributed by atoms with Crippen molar-refractivity contribution in [1.82, 2.24) is 4.90 Å². The summed E-state index contributed by atoms with van der Waals surface area (Å²) in [6.07, 6.45) is 1.60. The minimum atomic E-state index is -4.43. The van der Waals surface area contributed by atoms with Crippen molar-refractivity contribution in [2.75, 3.05) is 12.8 Å². The fraction of sp³-hybridized carbons (Fsp3) is 0.409. The van der Waals surface area contributed by atoms with Crippen molar-refractivity contribution in [2.24, 2.45) is 0 Å². The Labute approximate surface area is 177 Å². The molecule has 3 nitrogen and oxygen atoms in total. The first-order chi connectivity index (χ1) is 13.7. The number of anilines is 1. The summed E-state index contributed by atoms with van der Waals surface area (Å²) in [5, 5.41) is 0. The van der Waals surface area contributed by atoms with Gasteiger partial charge in [0.1, 0.15) is 0 Å². The van der Waals surface area contributed by atoms with E-state index in [9.17, 15) is 18.0 Å². The van der Waals surface area contributed by atoms with Crippen LogP contribution < -0.4 is 5.73 Å². The summed E-state index contributed by atoms with van der Waals surface area (Å²) in [6, 6.07) is 8.15. The molecule has 0 radical (unpaired) electrons. The number of halogens is 4. The van der Waals surface area contributed by atoms with E-state index in [2.05, 4.69) is 27.9 Å². The Kier molecular flexibility index (Phi) is 6.69. The van der Waals surface area contributed by atoms with E-state index in [-0.39, 0.29) is 11.3 Å². The number of rotatable bonds is 5. The number of hydrogen-bond donors (Lipinski definition) is 1. The number of ketones is 1. The van der Waals surface area contributed by atoms with Crippen LogP contribution >= 0.6 is 15.9 Å². The molecule has 1 aliphatic rings. The lowest BCUT2D eigenvalue weighted by atomic mass is 9.94. The van der Waals surface area contributed by atoms with E-state index in [1.807, 2.05) is 0 Å². The van der Waals surface area contributed by atoms with E-state index in [1.54, 1.807) is 12.1 Å². The Balaban J connectivity index is 1.83. The normalized spacial score (nSPS) is 15.7. The molecular weight excluding hydrogens is 445 g/mol. The second kappa shape index (κ2) is 8.88. The number of benzene rings is 2. The summed E-state index contributed by atoms with van der Waals surface area (Å²) >= 11 is 3.42. The zero-order valence-corrected chi connectivity index (χ0v) is 17.8. The number of alkyl halides is 3. The second-order valence-electron chi connectivity index (χ2n) is 7.64. The van der Waals surface area contributed by atoms with Gasteiger partial charge in [-0.1, -0.05) is 31.4 Å². The van der Waals surface area contributed by atoms with Crippen LogP contribution in [-0.2, 0) is 12.7 Å². The molecule has 0 spiro atoms. The standard InChI is InChI=1S/C22H24BrF3N2O/c1-28(18-5-3-2-4-6-18)13-16-11-15(12-19(23)20(16)27)21(29)14-7-9-17(10-8-14)22(24,25)26/h7-12,18H,2-6,13,27H2,1H3. The van der Waals surface area contributed by atoms with Crippen LogP contribution in [0.15, 0.2) is 40.9 Å². The first-order valence-electron chi connectivity index (χ1n) is 9.67. The molecule has 1 fully saturated rings. The van der Waals surface area contributed by atoms with Crippen molar-refractivity contribution in [3.8, 4) is 0 Å². The SMILES string of the molecule is CN(Cc1cc(C(=O)c2ccc(C(F)(F)F)cc2)cc(Br)c1N)C1CCCCC1. The number of nitrogens with zero attached hydrogens (tertiary/aromatic N) is 1. The lowest BCUT2D eigenvalue weighted by molar-refractivity contribution is -0.137. The highest BCUT2D eigenvalue weighted by molar-refractivity contribution is 9.10. The molecule has 156 valence electrons. The fourth-order valence-electron chi connectivity index (χ4n) is 3.83. The van der Waals surface area contributed by atoms with Gasteiger partial charge < -0.3 is 5.73 Å². The average molecular weight is 469 g/mol. The Morgan fingerprint density at radius 1 is 1.10 bits per heavy atom. The van der Waals surface area contributed by atoms with Gasteiger partial charge in [-0.3, -0.25) is 9.69 Å². The Bertz CT molecular complexity index is 875. The first-order valence-corrected chi connectivity index (χ1v) is 10.5. The van der Waals surface area contributed by atoms with Crippen LogP contribution in [0, 0.1) is 0 Å². The van der Waals surface area contributed by atoms with Crippen LogP contribution in [-0.4, -0.2) is 23.8 Å². The lowest BCUT2D eigenvalue weighted by Gasteiger charge is -2.31. The molecule has 0 heterocycles. The minimum absolute atomic E-state index is 0.209. The Morgan fingerprint density at radius 3 is 2.31 bits per heavy atom. The van der Waals surface area contributed by atoms with Gasteiger partial charge >= 0.3 is 6.18 Å². The van der Waals surface area contributed by atoms with Crippen LogP contribution in [0.1, 0.15) is 59.2 Å². The maximum atomic E-state index is 12.9. The van der Waals surface area contributed by atoms with Gasteiger partial charge in [-0.2, -0.15) is 13.2 Å². The average Bonchev–Trinajstić information content (AvgIpc) is 2.70. The largest absolute Gasteiger partial charge is 0.416 e. The van der Waals surface area contributed by atoms with E-state index in [1.165, 1.54) is 31.4 Å². The van der Waals surface area contributed by atoms with Gasteiger partial charge in [0.2, 0.25) is 0 Å². The topological polar surface area (TPSA) is 46.3 Å². The van der Waals surface area contributed by atoms with Gasteiger partial charge in [0.15, 0.2) is 5.78 Å². The summed E-state index contributed by atoms with van der Waals surface area (Å²) in [5.74, 6) is -0.332. The highest BCUT2D eigenvalue weighted by Gasteiger charge is 2.30. The van der Waals surface area contributed by atoms with Gasteiger partial charge in [-0.15, -0.1) is 0 Å². The van der Waals surface area contributed by atoms with Crippen LogP contribution in [0.5, 0.6) is 0 Å². The number of nitrogen functional groups attached to an aromatic ring is 1. The molecule has 0 bridgehead atoms. The second-order valence-corrected chi connectivity index (χ2v) is 8.50. The molecule has 2 N–H and O–H groups in total. The fourth-order valence-corrected chi connectivity index (χ4v) is 4.33. The predicted molar refractivity (Wildman–Crippen MR) is 112 cm³/mol. The minimum Gasteiger partial charge on any atom is -0.398 e. The molecule has 0 atom stereocenters. The molecule has 29 heavy (non-hydrogen) atoms. The van der Waals surface area contributed by atoms with Crippen molar-refractivity contribution in [1.29, 1.82) is 0 Å². The molecule has 0 amide bonds. The molecule has 1 saturated carbocycles. The summed E-state index contributed by atoms with van der Waals surface area (Å²) in [5.41, 5.74) is 7.48. The zero-order chi connectivity index (χ0) is 21.2. The van der Waals surface area contributed by atoms with E-state index < -0.39 is 11.7 Å². The number of nitrogens with two attached hydrogens (primary N) is 1. The zero-order valence-electron chi connectivity index (χ0n) is 16.2. The maximum absolute atomic E-state index is 12.9. The van der Waals surface area contributed by atoms with E-state index in [4.69, 9.17) is 5.73 Å². The van der Waals surface area contributed by atoms with Crippen LogP contribution in [0.2, 0.25) is 0 Å². The maximum Gasteiger partial charge on any atom is 0.416 e. The van der Waals surface area contributed by atoms with Gasteiger partial charge in [0.05, 0.1) is 11.3 Å². The highest BCUT2D eigenvalue weighted by atomic mass is 79.9. The summed E-state index contributed by atoms with van der Waals surface area (Å²) in [7, 11) is 2.06. The van der Waals surface area contributed by atoms with E-state index >= 15 is 0 Å². The molecule has 0 unspecified atom stereocenters. The van der Waals surface area contributed by atoms with Crippen molar-refractivity contribution in [3.05, 3.63) is 63.1 Å². The third-order valence-corrected chi connectivity index (χ3v) is 6.23. The molecule has 0 aromatic heterocycles. The number of hydrogen-bond acceptors (Lipinski definition) is 3. The molecule has 1 aliphatic carbocycles. The van der Waals surface area contributed by atoms with Crippen LogP contribution in [0.25, 0.3) is 0 Å². The number of carbonyl (C=O) groups is 1. The molecule has 0 saturated heterocycles. The predicted octanol–water partition coefficient (Wildman–Crippen LogP) is 6.05. The molecule has 3 rings (SSSR count). The Hall–Kier alpha value is -1.86. The third kappa shape index (κ3) is 5.20. The van der Waals surface area contributed by atoms with E-state index in [0.29, 0.717) is 28.3 Å². The molecule has 2 aromatic rings.